The van der Waals surface area contributed by atoms with Gasteiger partial charge in [0, 0.05) is 32.2 Å². The van der Waals surface area contributed by atoms with E-state index in [0.29, 0.717) is 11.5 Å². The second-order valence-electron chi connectivity index (χ2n) is 6.13. The van der Waals surface area contributed by atoms with Gasteiger partial charge in [-0.2, -0.15) is 13.2 Å². The van der Waals surface area contributed by atoms with Crippen molar-refractivity contribution < 1.29 is 13.2 Å². The maximum absolute atomic E-state index is 13.1. The topological polar surface area (TPSA) is 15.3 Å². The lowest BCUT2D eigenvalue weighted by atomic mass is 9.76. The average molecular weight is 369 g/mol. The largest absolute Gasteiger partial charge is 0.417 e. The Balaban J connectivity index is 0.00000192. The van der Waals surface area contributed by atoms with Crippen molar-refractivity contribution in [3.63, 3.8) is 0 Å². The third-order valence-electron chi connectivity index (χ3n) is 4.79. The number of benzene rings is 1. The highest BCUT2D eigenvalue weighted by atomic mass is 35.5. The highest BCUT2D eigenvalue weighted by Crippen LogP contribution is 2.46. The fourth-order valence-electron chi connectivity index (χ4n) is 3.46. The Labute approximate surface area is 145 Å². The monoisotopic (exact) mass is 368 g/mol. The molecule has 7 heteroatoms. The Bertz CT molecular complexity index is 527. The highest BCUT2D eigenvalue weighted by Gasteiger charge is 2.39. The van der Waals surface area contributed by atoms with Gasteiger partial charge in [-0.1, -0.05) is 30.2 Å². The Morgan fingerprint density at radius 3 is 2.35 bits per heavy atom. The van der Waals surface area contributed by atoms with Gasteiger partial charge in [-0.15, -0.1) is 12.4 Å². The van der Waals surface area contributed by atoms with Gasteiger partial charge in [-0.25, -0.2) is 0 Å². The van der Waals surface area contributed by atoms with Gasteiger partial charge in [-0.05, 0) is 30.4 Å². The Morgan fingerprint density at radius 2 is 1.83 bits per heavy atom. The number of halogens is 5. The van der Waals surface area contributed by atoms with E-state index in [1.807, 2.05) is 0 Å². The van der Waals surface area contributed by atoms with Gasteiger partial charge in [0.15, 0.2) is 0 Å². The molecule has 1 atom stereocenters. The number of nitrogens with one attached hydrogen (secondary N) is 1. The zero-order valence-electron chi connectivity index (χ0n) is 12.7. The first-order valence-electron chi connectivity index (χ1n) is 7.79. The number of piperazine rings is 1. The summed E-state index contributed by atoms with van der Waals surface area (Å²) in [5.74, 6) is 0.416. The molecule has 1 aromatic carbocycles. The standard InChI is InChI=1S/C16H20ClF3N2.ClH/c17-14-12(5-2-6-13(14)16(18,19)20)15(11-3-1-4-11)22-9-7-21-8-10-22;/h2,5-6,11,15,21H,1,3-4,7-10H2;1H/t15-;/m1./s1. The lowest BCUT2D eigenvalue weighted by molar-refractivity contribution is -0.137. The molecule has 0 spiro atoms. The van der Waals surface area contributed by atoms with Crippen LogP contribution in [0.2, 0.25) is 5.02 Å². The van der Waals surface area contributed by atoms with Gasteiger partial charge in [-0.3, -0.25) is 4.90 Å². The summed E-state index contributed by atoms with van der Waals surface area (Å²) in [4.78, 5) is 2.29. The van der Waals surface area contributed by atoms with Crippen LogP contribution in [0.1, 0.15) is 36.4 Å². The number of rotatable bonds is 3. The number of alkyl halides is 3. The predicted octanol–water partition coefficient (Wildman–Crippen LogP) is 4.53. The first kappa shape index (κ1) is 18.8. The van der Waals surface area contributed by atoms with Gasteiger partial charge >= 0.3 is 6.18 Å². The van der Waals surface area contributed by atoms with Crippen molar-refractivity contribution >= 4 is 24.0 Å². The molecule has 0 amide bonds. The molecule has 0 radical (unpaired) electrons. The highest BCUT2D eigenvalue weighted by molar-refractivity contribution is 6.32. The zero-order valence-corrected chi connectivity index (χ0v) is 14.3. The lowest BCUT2D eigenvalue weighted by Gasteiger charge is -2.43. The molecule has 1 aliphatic heterocycles. The van der Waals surface area contributed by atoms with Gasteiger partial charge in [0.25, 0.3) is 0 Å². The molecule has 2 aliphatic rings. The van der Waals surface area contributed by atoms with Crippen LogP contribution in [0.4, 0.5) is 13.2 Å². The molecule has 1 heterocycles. The van der Waals surface area contributed by atoms with E-state index in [1.165, 1.54) is 6.07 Å². The van der Waals surface area contributed by atoms with Crippen LogP contribution in [-0.4, -0.2) is 31.1 Å². The molecule has 130 valence electrons. The van der Waals surface area contributed by atoms with E-state index in [9.17, 15) is 13.2 Å². The van der Waals surface area contributed by atoms with E-state index in [2.05, 4.69) is 10.2 Å². The van der Waals surface area contributed by atoms with Crippen LogP contribution in [0, 0.1) is 5.92 Å². The minimum Gasteiger partial charge on any atom is -0.314 e. The summed E-state index contributed by atoms with van der Waals surface area (Å²) in [6, 6.07) is 4.33. The van der Waals surface area contributed by atoms with Gasteiger partial charge in [0.1, 0.15) is 0 Å². The van der Waals surface area contributed by atoms with E-state index >= 15 is 0 Å². The molecular weight excluding hydrogens is 348 g/mol. The maximum Gasteiger partial charge on any atom is 0.417 e. The number of hydrogen-bond acceptors (Lipinski definition) is 2. The third kappa shape index (κ3) is 3.95. The normalized spacial score (nSPS) is 21.4. The quantitative estimate of drug-likeness (QED) is 0.843. The second-order valence-corrected chi connectivity index (χ2v) is 6.51. The molecule has 1 saturated heterocycles. The fourth-order valence-corrected chi connectivity index (χ4v) is 3.81. The average Bonchev–Trinajstić information content (AvgIpc) is 2.43. The minimum absolute atomic E-state index is 0. The molecule has 1 aromatic rings. The van der Waals surface area contributed by atoms with E-state index < -0.39 is 11.7 Å². The first-order valence-corrected chi connectivity index (χ1v) is 8.16. The predicted molar refractivity (Wildman–Crippen MR) is 88.2 cm³/mol. The second kappa shape index (κ2) is 7.60. The van der Waals surface area contributed by atoms with Crippen molar-refractivity contribution in [2.75, 3.05) is 26.2 Å². The van der Waals surface area contributed by atoms with Crippen LogP contribution in [0.25, 0.3) is 0 Å². The van der Waals surface area contributed by atoms with Crippen LogP contribution in [0.3, 0.4) is 0 Å². The Hall–Kier alpha value is -0.490. The van der Waals surface area contributed by atoms with Crippen LogP contribution >= 0.6 is 24.0 Å². The van der Waals surface area contributed by atoms with Crippen LogP contribution in [0.5, 0.6) is 0 Å². The summed E-state index contributed by atoms with van der Waals surface area (Å²) in [5, 5.41) is 3.17. The van der Waals surface area contributed by atoms with Crippen molar-refractivity contribution in [3.8, 4) is 0 Å². The minimum atomic E-state index is -4.40. The van der Waals surface area contributed by atoms with Crippen molar-refractivity contribution in [1.82, 2.24) is 10.2 Å². The van der Waals surface area contributed by atoms with Crippen molar-refractivity contribution in [1.29, 1.82) is 0 Å². The number of nitrogens with zero attached hydrogens (tertiary/aromatic N) is 1. The Kier molecular flexibility index (Phi) is 6.22. The molecule has 0 bridgehead atoms. The smallest absolute Gasteiger partial charge is 0.314 e. The molecule has 1 N–H and O–H groups in total. The SMILES string of the molecule is Cl.FC(F)(F)c1cccc([C@@H](C2CCC2)N2CCNCC2)c1Cl. The zero-order chi connectivity index (χ0) is 15.7. The third-order valence-corrected chi connectivity index (χ3v) is 5.22. The molecule has 1 aliphatic carbocycles. The van der Waals surface area contributed by atoms with Crippen LogP contribution in [0.15, 0.2) is 18.2 Å². The molecule has 23 heavy (non-hydrogen) atoms. The molecule has 0 unspecified atom stereocenters. The van der Waals surface area contributed by atoms with Crippen molar-refractivity contribution in [2.45, 2.75) is 31.5 Å². The van der Waals surface area contributed by atoms with Crippen LogP contribution < -0.4 is 5.32 Å². The molecule has 3 rings (SSSR count). The Morgan fingerprint density at radius 1 is 1.17 bits per heavy atom. The van der Waals surface area contributed by atoms with Gasteiger partial charge < -0.3 is 5.32 Å². The van der Waals surface area contributed by atoms with E-state index in [1.54, 1.807) is 6.07 Å². The fraction of sp³-hybridized carbons (Fsp3) is 0.625. The summed E-state index contributed by atoms with van der Waals surface area (Å²) in [6.07, 6.45) is -1.10. The van der Waals surface area contributed by atoms with Crippen molar-refractivity contribution in [3.05, 3.63) is 34.3 Å². The summed E-state index contributed by atoms with van der Waals surface area (Å²) < 4.78 is 39.4. The molecule has 0 aromatic heterocycles. The first-order chi connectivity index (χ1) is 10.5. The van der Waals surface area contributed by atoms with Gasteiger partial charge in [0.05, 0.1) is 10.6 Å². The summed E-state index contributed by atoms with van der Waals surface area (Å²) >= 11 is 6.17. The van der Waals surface area contributed by atoms with E-state index in [0.717, 1.165) is 51.5 Å². The molecule has 1 saturated carbocycles. The molecular formula is C16H21Cl2F3N2. The summed E-state index contributed by atoms with van der Waals surface area (Å²) in [6.45, 7) is 3.46. The number of hydrogen-bond donors (Lipinski definition) is 1. The molecule has 2 nitrogen and oxygen atoms in total. The van der Waals surface area contributed by atoms with Crippen molar-refractivity contribution in [2.24, 2.45) is 5.92 Å². The van der Waals surface area contributed by atoms with Gasteiger partial charge in [0.2, 0.25) is 0 Å². The molecule has 2 fully saturated rings. The van der Waals surface area contributed by atoms with E-state index in [-0.39, 0.29) is 23.5 Å². The maximum atomic E-state index is 13.1. The summed E-state index contributed by atoms with van der Waals surface area (Å²) in [5.41, 5.74) is -0.0748. The van der Waals surface area contributed by atoms with Crippen LogP contribution in [-0.2, 0) is 6.18 Å². The van der Waals surface area contributed by atoms with E-state index in [4.69, 9.17) is 11.6 Å². The lowest BCUT2D eigenvalue weighted by Crippen LogP contribution is -2.48. The summed E-state index contributed by atoms with van der Waals surface area (Å²) in [7, 11) is 0.